The first-order valence-corrected chi connectivity index (χ1v) is 13.0. The fourth-order valence-corrected chi connectivity index (χ4v) is 3.65. The van der Waals surface area contributed by atoms with Crippen molar-refractivity contribution in [1.29, 1.82) is 0 Å². The summed E-state index contributed by atoms with van der Waals surface area (Å²) in [6.45, 7) is 6.41. The summed E-state index contributed by atoms with van der Waals surface area (Å²) >= 11 is 0. The summed E-state index contributed by atoms with van der Waals surface area (Å²) in [4.78, 5) is 9.95. The van der Waals surface area contributed by atoms with E-state index < -0.39 is 0 Å². The summed E-state index contributed by atoms with van der Waals surface area (Å²) in [6.07, 6.45) is 13.0. The first-order valence-electron chi connectivity index (χ1n) is 13.0. The molecule has 0 aliphatic rings. The van der Waals surface area contributed by atoms with Crippen LogP contribution in [0.25, 0.3) is 0 Å². The third kappa shape index (κ3) is 12.6. The number of rotatable bonds is 12. The van der Waals surface area contributed by atoms with Crippen LogP contribution < -0.4 is 0 Å². The molecule has 0 amide bonds. The molecule has 3 heteroatoms. The second-order valence-corrected chi connectivity index (χ2v) is 8.34. The summed E-state index contributed by atoms with van der Waals surface area (Å²) in [6, 6.07) is 16.9. The minimum absolute atomic E-state index is 0. The van der Waals surface area contributed by atoms with Crippen LogP contribution in [0.15, 0.2) is 58.5 Å². The second-order valence-electron chi connectivity index (χ2n) is 8.34. The van der Waals surface area contributed by atoms with E-state index in [1.54, 1.807) is 0 Å². The van der Waals surface area contributed by atoms with Gasteiger partial charge in [0.1, 0.15) is 0 Å². The van der Waals surface area contributed by atoms with Crippen molar-refractivity contribution in [2.45, 2.75) is 91.4 Å². The zero-order valence-electron chi connectivity index (χ0n) is 21.7. The minimum atomic E-state index is 0. The topological polar surface area (TPSA) is 24.7 Å². The molecule has 0 atom stereocenters. The maximum absolute atomic E-state index is 5.06. The molecule has 0 radical (unpaired) electrons. The maximum Gasteiger partial charge on any atom is 0.0665 e. The molecule has 35 heavy (non-hydrogen) atoms. The number of aliphatic imine (C=N–C) groups is 2. The van der Waals surface area contributed by atoms with E-state index >= 15 is 0 Å². The van der Waals surface area contributed by atoms with Gasteiger partial charge < -0.3 is 0 Å². The number of aryl methyl sites for hydroxylation is 2. The van der Waals surface area contributed by atoms with Gasteiger partial charge in [-0.2, -0.15) is 0 Å². The van der Waals surface area contributed by atoms with Crippen molar-refractivity contribution < 1.29 is 16.5 Å². The summed E-state index contributed by atoms with van der Waals surface area (Å²) < 4.78 is 0. The van der Waals surface area contributed by atoms with Crippen LogP contribution in [0.4, 0.5) is 11.4 Å². The molecule has 0 N–H and O–H groups in total. The van der Waals surface area contributed by atoms with Gasteiger partial charge in [-0.3, -0.25) is 9.98 Å². The summed E-state index contributed by atoms with van der Waals surface area (Å²) in [5.74, 6) is 12.8. The Morgan fingerprint density at radius 3 is 1.83 bits per heavy atom. The zero-order chi connectivity index (χ0) is 24.3. The number of hydrogen-bond acceptors (Lipinski definition) is 2. The van der Waals surface area contributed by atoms with Crippen LogP contribution in [0.3, 0.4) is 0 Å². The molecule has 0 unspecified atom stereocenters. The minimum Gasteiger partial charge on any atom is -0.255 e. The van der Waals surface area contributed by atoms with Crippen molar-refractivity contribution in [3.63, 3.8) is 0 Å². The van der Waals surface area contributed by atoms with E-state index in [4.69, 9.17) is 9.98 Å². The van der Waals surface area contributed by atoms with E-state index in [0.717, 1.165) is 87.7 Å². The smallest absolute Gasteiger partial charge is 0.0665 e. The Morgan fingerprint density at radius 1 is 0.714 bits per heavy atom. The average Bonchev–Trinajstić information content (AvgIpc) is 2.87. The monoisotopic (exact) mass is 510 g/mol. The predicted octanol–water partition coefficient (Wildman–Crippen LogP) is 8.82. The van der Waals surface area contributed by atoms with Crippen molar-refractivity contribution in [1.82, 2.24) is 0 Å². The number of benzene rings is 2. The third-order valence-corrected chi connectivity index (χ3v) is 5.49. The Labute approximate surface area is 224 Å². The van der Waals surface area contributed by atoms with E-state index in [9.17, 15) is 0 Å². The predicted molar refractivity (Wildman–Crippen MR) is 150 cm³/mol. The Kier molecular flexibility index (Phi) is 17.1. The Bertz CT molecular complexity index is 1040. The van der Waals surface area contributed by atoms with Gasteiger partial charge in [0.05, 0.1) is 17.1 Å². The Balaban J connectivity index is 0.00000612. The van der Waals surface area contributed by atoms with Crippen LogP contribution in [0.2, 0.25) is 0 Å². The molecule has 0 fully saturated rings. The van der Waals surface area contributed by atoms with Crippen LogP contribution >= 0.6 is 0 Å². The number of unbranched alkanes of at least 4 members (excludes halogenated alkanes) is 3. The molecule has 188 valence electrons. The van der Waals surface area contributed by atoms with E-state index in [0.29, 0.717) is 0 Å². The van der Waals surface area contributed by atoms with Gasteiger partial charge in [-0.1, -0.05) is 63.6 Å². The third-order valence-electron chi connectivity index (χ3n) is 5.49. The largest absolute Gasteiger partial charge is 0.255 e. The van der Waals surface area contributed by atoms with Gasteiger partial charge in [-0.05, 0) is 61.8 Å². The van der Waals surface area contributed by atoms with Crippen LogP contribution in [0.1, 0.15) is 89.7 Å². The number of hydrogen-bond donors (Lipinski definition) is 0. The number of para-hydroxylation sites is 2. The standard InChI is InChI=1S/C32H40N2.Ni/c1-4-7-10-12-14-20-28-22-16-18-25-31(28)33-27-30(24-9-6-3)34-32-26-19-17-23-29(32)21-15-13-11-8-5-2;/h16-19,22-23,25-27H,4-6,9,12-15,20-21,24H2,1-3H3;/b33-27+,34-30+;. The van der Waals surface area contributed by atoms with E-state index in [-0.39, 0.29) is 16.5 Å². The molecule has 0 aromatic heterocycles. The molecule has 0 spiro atoms. The molecule has 0 aliphatic carbocycles. The van der Waals surface area contributed by atoms with Crippen molar-refractivity contribution in [2.24, 2.45) is 9.98 Å². The molecule has 2 aromatic carbocycles. The van der Waals surface area contributed by atoms with Gasteiger partial charge in [0, 0.05) is 48.4 Å². The molecule has 0 aliphatic heterocycles. The van der Waals surface area contributed by atoms with Gasteiger partial charge in [-0.25, -0.2) is 0 Å². The average molecular weight is 511 g/mol. The molecule has 2 aromatic rings. The van der Waals surface area contributed by atoms with E-state index in [2.05, 4.69) is 93.0 Å². The van der Waals surface area contributed by atoms with E-state index in [1.807, 2.05) is 6.21 Å². The molecule has 0 saturated carbocycles. The quantitative estimate of drug-likeness (QED) is 0.118. The molecule has 2 rings (SSSR count). The van der Waals surface area contributed by atoms with Crippen LogP contribution in [-0.2, 0) is 29.3 Å². The second kappa shape index (κ2) is 19.7. The van der Waals surface area contributed by atoms with Gasteiger partial charge in [0.2, 0.25) is 0 Å². The SMILES string of the molecule is CCC#CCCCc1ccccc1/N=C/C(CCCC)=N/c1ccccc1CCCC#CCC.[Ni]. The van der Waals surface area contributed by atoms with Gasteiger partial charge >= 0.3 is 0 Å². The molecular formula is C32H40N2Ni. The molecule has 0 heterocycles. The zero-order valence-corrected chi connectivity index (χ0v) is 22.7. The van der Waals surface area contributed by atoms with Crippen LogP contribution in [0.5, 0.6) is 0 Å². The van der Waals surface area contributed by atoms with Crippen LogP contribution in [-0.4, -0.2) is 11.9 Å². The fourth-order valence-electron chi connectivity index (χ4n) is 3.65. The number of nitrogens with zero attached hydrogens (tertiary/aromatic N) is 2. The van der Waals surface area contributed by atoms with Crippen molar-refractivity contribution in [3.8, 4) is 23.7 Å². The molecule has 0 bridgehead atoms. The first-order chi connectivity index (χ1) is 16.8. The van der Waals surface area contributed by atoms with Crippen molar-refractivity contribution >= 4 is 23.3 Å². The van der Waals surface area contributed by atoms with Gasteiger partial charge in [-0.15, -0.1) is 23.7 Å². The fraction of sp³-hybridized carbons (Fsp3) is 0.438. The molecule has 2 nitrogen and oxygen atoms in total. The normalized spacial score (nSPS) is 10.8. The maximum atomic E-state index is 5.06. The molecular weight excluding hydrogens is 471 g/mol. The van der Waals surface area contributed by atoms with Crippen LogP contribution in [0, 0.1) is 23.7 Å². The van der Waals surface area contributed by atoms with E-state index in [1.165, 1.54) is 11.1 Å². The van der Waals surface area contributed by atoms with Gasteiger partial charge in [0.25, 0.3) is 0 Å². The van der Waals surface area contributed by atoms with Gasteiger partial charge in [0.15, 0.2) is 0 Å². The summed E-state index contributed by atoms with van der Waals surface area (Å²) in [7, 11) is 0. The summed E-state index contributed by atoms with van der Waals surface area (Å²) in [5, 5.41) is 0. The van der Waals surface area contributed by atoms with Crippen molar-refractivity contribution in [3.05, 3.63) is 59.7 Å². The Hall–Kier alpha value is -2.61. The first kappa shape index (κ1) is 30.4. The van der Waals surface area contributed by atoms with Crippen molar-refractivity contribution in [2.75, 3.05) is 0 Å². The Morgan fingerprint density at radius 2 is 1.26 bits per heavy atom. The molecule has 0 saturated heterocycles. The summed E-state index contributed by atoms with van der Waals surface area (Å²) in [5.41, 5.74) is 5.71.